The van der Waals surface area contributed by atoms with Crippen molar-refractivity contribution >= 4 is 29.9 Å². The van der Waals surface area contributed by atoms with Gasteiger partial charge in [0.1, 0.15) is 6.10 Å². The van der Waals surface area contributed by atoms with Gasteiger partial charge in [0.05, 0.1) is 18.7 Å². The lowest BCUT2D eigenvalue weighted by Gasteiger charge is -2.31. The van der Waals surface area contributed by atoms with Gasteiger partial charge in [-0.05, 0) is 30.5 Å². The van der Waals surface area contributed by atoms with Crippen molar-refractivity contribution in [3.8, 4) is 0 Å². The molecule has 0 amide bonds. The number of nitrogens with two attached hydrogens (primary N) is 1. The molecular formula is C18H25F3IN3O2. The fourth-order valence-corrected chi connectivity index (χ4v) is 3.37. The van der Waals surface area contributed by atoms with Gasteiger partial charge in [-0.25, -0.2) is 4.99 Å². The van der Waals surface area contributed by atoms with Crippen LogP contribution >= 0.6 is 24.0 Å². The van der Waals surface area contributed by atoms with Crippen LogP contribution in [0.1, 0.15) is 43.2 Å². The van der Waals surface area contributed by atoms with Gasteiger partial charge in [0, 0.05) is 19.4 Å². The van der Waals surface area contributed by atoms with Crippen LogP contribution in [-0.2, 0) is 22.2 Å². The molecule has 1 saturated carbocycles. The number of alkyl halides is 3. The first kappa shape index (κ1) is 22.2. The second kappa shape index (κ2) is 9.42. The third-order valence-corrected chi connectivity index (χ3v) is 4.73. The van der Waals surface area contributed by atoms with Gasteiger partial charge in [-0.3, -0.25) is 0 Å². The van der Waals surface area contributed by atoms with Crippen LogP contribution in [0.2, 0.25) is 0 Å². The van der Waals surface area contributed by atoms with Crippen LogP contribution in [0.15, 0.2) is 29.3 Å². The molecule has 1 aliphatic heterocycles. The molecule has 1 spiro atoms. The van der Waals surface area contributed by atoms with Crippen molar-refractivity contribution < 1.29 is 22.6 Å². The zero-order chi connectivity index (χ0) is 18.6. The average Bonchev–Trinajstić information content (AvgIpc) is 3.01. The molecule has 0 radical (unpaired) electrons. The quantitative estimate of drug-likeness (QED) is 0.376. The van der Waals surface area contributed by atoms with E-state index in [9.17, 15) is 13.2 Å². The van der Waals surface area contributed by atoms with Crippen molar-refractivity contribution in [3.05, 3.63) is 35.4 Å². The normalized spacial score (nSPS) is 22.5. The Hall–Kier alpha value is -1.07. The molecule has 5 nitrogen and oxygen atoms in total. The van der Waals surface area contributed by atoms with E-state index in [-0.39, 0.29) is 42.6 Å². The number of nitrogens with zero attached hydrogens (tertiary/aromatic N) is 1. The zero-order valence-electron chi connectivity index (χ0n) is 14.9. The number of hydrogen-bond donors (Lipinski definition) is 2. The van der Waals surface area contributed by atoms with Crippen molar-refractivity contribution in [2.75, 3.05) is 13.2 Å². The molecule has 1 atom stereocenters. The lowest BCUT2D eigenvalue weighted by Crippen LogP contribution is -2.40. The molecule has 0 bridgehead atoms. The second-order valence-corrected chi connectivity index (χ2v) is 6.80. The Morgan fingerprint density at radius 2 is 2.00 bits per heavy atom. The molecule has 3 rings (SSSR count). The maximum absolute atomic E-state index is 12.7. The number of nitrogens with one attached hydrogen (secondary N) is 1. The Balaban J connectivity index is 0.00000261. The number of halogens is 4. The van der Waals surface area contributed by atoms with Crippen molar-refractivity contribution in [2.24, 2.45) is 10.7 Å². The highest BCUT2D eigenvalue weighted by molar-refractivity contribution is 14.0. The largest absolute Gasteiger partial charge is 0.416 e. The van der Waals surface area contributed by atoms with E-state index in [0.29, 0.717) is 18.7 Å². The number of aliphatic imine (C=N–C) groups is 1. The van der Waals surface area contributed by atoms with E-state index in [1.807, 2.05) is 0 Å². The molecule has 1 aliphatic carbocycles. The molecule has 2 fully saturated rings. The molecule has 0 aromatic heterocycles. The molecule has 152 valence electrons. The standard InChI is InChI=1S/C18H24F3N3O2.HI/c19-18(20,21)14-6-4-5-13(9-14)10-23-16(22)24-11-15-12-25-17(26-15)7-2-1-3-8-17;/h4-6,9,15H,1-3,7-8,10-12H2,(H3,22,23,24);1H. The molecule has 1 aromatic rings. The highest BCUT2D eigenvalue weighted by Crippen LogP contribution is 2.37. The fourth-order valence-electron chi connectivity index (χ4n) is 3.37. The van der Waals surface area contributed by atoms with E-state index in [2.05, 4.69) is 10.3 Å². The molecular weight excluding hydrogens is 474 g/mol. The maximum atomic E-state index is 12.7. The van der Waals surface area contributed by atoms with Crippen LogP contribution < -0.4 is 11.1 Å². The monoisotopic (exact) mass is 499 g/mol. The maximum Gasteiger partial charge on any atom is 0.416 e. The van der Waals surface area contributed by atoms with Crippen LogP contribution in [0.25, 0.3) is 0 Å². The predicted octanol–water partition coefficient (Wildman–Crippen LogP) is 3.80. The SMILES string of the molecule is I.NC(=NCc1cccc(C(F)(F)F)c1)NCC1COC2(CCCCC2)O1. The highest BCUT2D eigenvalue weighted by atomic mass is 127. The molecule has 1 unspecified atom stereocenters. The summed E-state index contributed by atoms with van der Waals surface area (Å²) in [6.45, 7) is 1.04. The summed E-state index contributed by atoms with van der Waals surface area (Å²) in [5, 5.41) is 2.96. The number of rotatable bonds is 4. The van der Waals surface area contributed by atoms with E-state index in [0.717, 1.165) is 37.8 Å². The third kappa shape index (κ3) is 6.21. The summed E-state index contributed by atoms with van der Waals surface area (Å²) in [4.78, 5) is 4.10. The van der Waals surface area contributed by atoms with Crippen LogP contribution in [0.4, 0.5) is 13.2 Å². The van der Waals surface area contributed by atoms with Crippen molar-refractivity contribution in [1.82, 2.24) is 5.32 Å². The summed E-state index contributed by atoms with van der Waals surface area (Å²) >= 11 is 0. The summed E-state index contributed by atoms with van der Waals surface area (Å²) in [7, 11) is 0. The van der Waals surface area contributed by atoms with E-state index in [1.54, 1.807) is 6.07 Å². The summed E-state index contributed by atoms with van der Waals surface area (Å²) in [6.07, 6.45) is 0.813. The Bertz CT molecular complexity index is 649. The van der Waals surface area contributed by atoms with E-state index >= 15 is 0 Å². The van der Waals surface area contributed by atoms with Gasteiger partial charge in [-0.1, -0.05) is 18.6 Å². The van der Waals surface area contributed by atoms with E-state index in [4.69, 9.17) is 15.2 Å². The first-order valence-corrected chi connectivity index (χ1v) is 8.88. The molecule has 3 N–H and O–H groups in total. The van der Waals surface area contributed by atoms with Crippen LogP contribution in [0, 0.1) is 0 Å². The average molecular weight is 499 g/mol. The van der Waals surface area contributed by atoms with Crippen LogP contribution in [0.3, 0.4) is 0 Å². The zero-order valence-corrected chi connectivity index (χ0v) is 17.3. The summed E-state index contributed by atoms with van der Waals surface area (Å²) in [5.41, 5.74) is 5.58. The van der Waals surface area contributed by atoms with Crippen LogP contribution in [-0.4, -0.2) is 31.0 Å². The molecule has 1 heterocycles. The molecule has 1 saturated heterocycles. The van der Waals surface area contributed by atoms with Crippen molar-refractivity contribution in [1.29, 1.82) is 0 Å². The highest BCUT2D eigenvalue weighted by Gasteiger charge is 2.42. The van der Waals surface area contributed by atoms with Crippen LogP contribution in [0.5, 0.6) is 0 Å². The smallest absolute Gasteiger partial charge is 0.370 e. The fraction of sp³-hybridized carbons (Fsp3) is 0.611. The number of hydrogen-bond acceptors (Lipinski definition) is 3. The number of guanidine groups is 1. The summed E-state index contributed by atoms with van der Waals surface area (Å²) in [6, 6.07) is 5.07. The van der Waals surface area contributed by atoms with Gasteiger partial charge in [0.2, 0.25) is 0 Å². The van der Waals surface area contributed by atoms with Gasteiger partial charge in [0.15, 0.2) is 11.7 Å². The third-order valence-electron chi connectivity index (χ3n) is 4.73. The Labute approximate surface area is 173 Å². The Kier molecular flexibility index (Phi) is 7.75. The van der Waals surface area contributed by atoms with Crippen molar-refractivity contribution in [2.45, 2.75) is 56.7 Å². The first-order valence-electron chi connectivity index (χ1n) is 8.88. The Morgan fingerprint density at radius 3 is 2.70 bits per heavy atom. The number of ether oxygens (including phenoxy) is 2. The predicted molar refractivity (Wildman–Crippen MR) is 107 cm³/mol. The Morgan fingerprint density at radius 1 is 1.26 bits per heavy atom. The van der Waals surface area contributed by atoms with E-state index in [1.165, 1.54) is 12.5 Å². The first-order chi connectivity index (χ1) is 12.4. The van der Waals surface area contributed by atoms with E-state index < -0.39 is 17.5 Å². The number of benzene rings is 1. The molecule has 1 aromatic carbocycles. The lowest BCUT2D eigenvalue weighted by molar-refractivity contribution is -0.186. The van der Waals surface area contributed by atoms with Gasteiger partial charge in [0.25, 0.3) is 0 Å². The molecule has 27 heavy (non-hydrogen) atoms. The molecule has 2 aliphatic rings. The van der Waals surface area contributed by atoms with Gasteiger partial charge in [-0.2, -0.15) is 13.2 Å². The minimum absolute atomic E-state index is 0. The second-order valence-electron chi connectivity index (χ2n) is 6.80. The lowest BCUT2D eigenvalue weighted by atomic mass is 9.94. The minimum Gasteiger partial charge on any atom is -0.370 e. The summed E-state index contributed by atoms with van der Waals surface area (Å²) in [5.74, 6) is -0.259. The topological polar surface area (TPSA) is 68.9 Å². The summed E-state index contributed by atoms with van der Waals surface area (Å²) < 4.78 is 50.0. The van der Waals surface area contributed by atoms with Gasteiger partial charge < -0.3 is 20.5 Å². The van der Waals surface area contributed by atoms with Gasteiger partial charge >= 0.3 is 6.18 Å². The molecule has 9 heteroatoms. The van der Waals surface area contributed by atoms with Crippen molar-refractivity contribution in [3.63, 3.8) is 0 Å². The van der Waals surface area contributed by atoms with Gasteiger partial charge in [-0.15, -0.1) is 24.0 Å². The minimum atomic E-state index is -4.36.